The van der Waals surface area contributed by atoms with E-state index in [1.54, 1.807) is 0 Å². The Morgan fingerprint density at radius 1 is 0.469 bits per heavy atom. The summed E-state index contributed by atoms with van der Waals surface area (Å²) in [7, 11) is 13.3. The van der Waals surface area contributed by atoms with E-state index in [9.17, 15) is 0 Å². The van der Waals surface area contributed by atoms with Gasteiger partial charge in [0.15, 0.2) is 0 Å². The van der Waals surface area contributed by atoms with Crippen LogP contribution in [0.4, 0.5) is 0 Å². The lowest BCUT2D eigenvalue weighted by molar-refractivity contribution is 0.0706. The molecule has 8 heteroatoms. The molecule has 0 saturated heterocycles. The fourth-order valence-electron chi connectivity index (χ4n) is 4.08. The Bertz CT molecular complexity index is 384. The molecule has 3 nitrogen and oxygen atoms in total. The lowest BCUT2D eigenvalue weighted by atomic mass is 10.0. The van der Waals surface area contributed by atoms with E-state index >= 15 is 0 Å². The summed E-state index contributed by atoms with van der Waals surface area (Å²) in [4.78, 5) is 0. The second kappa shape index (κ2) is 22.8. The standard InChI is InChI=1S/C24H51Cl3O3SSi/c1-4-28-32(29-5-2,30-6-3)24-22-20-18-16-14-12-10-8-7-9-11-13-15-17-19-21-23-31(25,26)27/h4-24H2,1-3H3. The van der Waals surface area contributed by atoms with E-state index in [-0.39, 0.29) is 0 Å². The SMILES string of the molecule is CCO[Si](CCCCCCCCCCCCCCCCCCS(Cl)(Cl)Cl)(OCC)OCC. The minimum Gasteiger partial charge on any atom is -0.374 e. The monoisotopic (exact) mass is 552 g/mol. The average molecular weight is 554 g/mol. The van der Waals surface area contributed by atoms with Crippen LogP contribution in [0.1, 0.15) is 124 Å². The van der Waals surface area contributed by atoms with Crippen LogP contribution < -0.4 is 0 Å². The van der Waals surface area contributed by atoms with Gasteiger partial charge < -0.3 is 13.3 Å². The van der Waals surface area contributed by atoms with Crippen molar-refractivity contribution in [2.24, 2.45) is 0 Å². The molecule has 0 rings (SSSR count). The van der Waals surface area contributed by atoms with Crippen molar-refractivity contribution in [3.8, 4) is 0 Å². The molecule has 0 N–H and O–H groups in total. The van der Waals surface area contributed by atoms with Gasteiger partial charge in [-0.15, -0.1) is 0 Å². The van der Waals surface area contributed by atoms with Crippen LogP contribution in [-0.2, 0) is 13.3 Å². The third-order valence-corrected chi connectivity index (χ3v) is 11.0. The Balaban J connectivity index is 3.42. The van der Waals surface area contributed by atoms with Crippen LogP contribution in [0.15, 0.2) is 0 Å². The topological polar surface area (TPSA) is 27.7 Å². The van der Waals surface area contributed by atoms with Gasteiger partial charge in [0.1, 0.15) is 0 Å². The molecule has 0 spiro atoms. The van der Waals surface area contributed by atoms with Crippen molar-refractivity contribution >= 4 is 48.5 Å². The van der Waals surface area contributed by atoms with Crippen LogP contribution in [0.2, 0.25) is 6.04 Å². The highest BCUT2D eigenvalue weighted by atomic mass is 36.2. The molecule has 0 fully saturated rings. The van der Waals surface area contributed by atoms with Crippen LogP contribution in [0.5, 0.6) is 0 Å². The van der Waals surface area contributed by atoms with Gasteiger partial charge in [0.25, 0.3) is 0 Å². The first kappa shape index (κ1) is 33.3. The van der Waals surface area contributed by atoms with Gasteiger partial charge >= 0.3 is 8.80 Å². The predicted octanol–water partition coefficient (Wildman–Crippen LogP) is 10.5. The van der Waals surface area contributed by atoms with Crippen LogP contribution in [0.3, 0.4) is 0 Å². The summed E-state index contributed by atoms with van der Waals surface area (Å²) in [5.41, 5.74) is 0. The zero-order valence-corrected chi connectivity index (χ0v) is 25.2. The molecule has 0 atom stereocenters. The average Bonchev–Trinajstić information content (AvgIpc) is 2.72. The molecule has 0 bridgehead atoms. The van der Waals surface area contributed by atoms with Crippen molar-refractivity contribution < 1.29 is 13.3 Å². The summed E-state index contributed by atoms with van der Waals surface area (Å²) in [5, 5.41) is 0. The third kappa shape index (κ3) is 21.8. The van der Waals surface area contributed by atoms with Gasteiger partial charge in [-0.05, 0) is 73.3 Å². The molecule has 196 valence electrons. The third-order valence-electron chi connectivity index (χ3n) is 5.70. The molecule has 0 aliphatic carbocycles. The summed E-state index contributed by atoms with van der Waals surface area (Å²) in [6, 6.07) is 0.957. The van der Waals surface area contributed by atoms with Gasteiger partial charge in [-0.1, -0.05) is 89.9 Å². The number of rotatable bonds is 25. The van der Waals surface area contributed by atoms with E-state index in [4.69, 9.17) is 45.3 Å². The summed E-state index contributed by atoms with van der Waals surface area (Å²) < 4.78 is 17.8. The molecule has 0 aliphatic rings. The van der Waals surface area contributed by atoms with Crippen LogP contribution >= 0.6 is 39.7 Å². The van der Waals surface area contributed by atoms with E-state index < -0.39 is 16.5 Å². The first-order valence-electron chi connectivity index (χ1n) is 13.2. The summed E-state index contributed by atoms with van der Waals surface area (Å²) >= 11 is 0. The van der Waals surface area contributed by atoms with Crippen molar-refractivity contribution in [2.75, 3.05) is 25.6 Å². The molecule has 0 aliphatic heterocycles. The van der Waals surface area contributed by atoms with E-state index in [1.165, 1.54) is 89.9 Å². The number of unbranched alkanes of at least 4 members (excludes halogenated alkanes) is 15. The molecule has 0 saturated carbocycles. The lowest BCUT2D eigenvalue weighted by Crippen LogP contribution is -2.45. The quantitative estimate of drug-likeness (QED) is 0.0831. The maximum Gasteiger partial charge on any atom is 0.500 e. The largest absolute Gasteiger partial charge is 0.500 e. The highest BCUT2D eigenvalue weighted by molar-refractivity contribution is 8.79. The maximum absolute atomic E-state index is 5.93. The van der Waals surface area contributed by atoms with Crippen molar-refractivity contribution in [2.45, 2.75) is 130 Å². The van der Waals surface area contributed by atoms with Crippen molar-refractivity contribution in [1.29, 1.82) is 0 Å². The zero-order valence-electron chi connectivity index (χ0n) is 21.1. The van der Waals surface area contributed by atoms with Crippen LogP contribution in [0.25, 0.3) is 0 Å². The molecule has 0 unspecified atom stereocenters. The van der Waals surface area contributed by atoms with Gasteiger partial charge in [-0.2, -0.15) is 0 Å². The Labute approximate surface area is 216 Å². The predicted molar refractivity (Wildman–Crippen MR) is 149 cm³/mol. The molecule has 0 radical (unpaired) electrons. The number of hydrogen-bond donors (Lipinski definition) is 0. The Kier molecular flexibility index (Phi) is 23.7. The highest BCUT2D eigenvalue weighted by Crippen LogP contribution is 2.63. The van der Waals surface area contributed by atoms with Gasteiger partial charge in [0, 0.05) is 31.6 Å². The zero-order chi connectivity index (χ0) is 24.0. The van der Waals surface area contributed by atoms with Gasteiger partial charge in [0.05, 0.1) is 0 Å². The number of halogens is 3. The van der Waals surface area contributed by atoms with E-state index in [2.05, 4.69) is 0 Å². The molecule has 0 heterocycles. The minimum absolute atomic E-state index is 0.673. The van der Waals surface area contributed by atoms with E-state index in [0.717, 1.165) is 24.6 Å². The van der Waals surface area contributed by atoms with Gasteiger partial charge in [-0.25, -0.2) is 0 Å². The Morgan fingerprint density at radius 2 is 0.750 bits per heavy atom. The number of hydrogen-bond acceptors (Lipinski definition) is 3. The maximum atomic E-state index is 5.93. The van der Waals surface area contributed by atoms with Crippen LogP contribution in [0, 0.1) is 0 Å². The summed E-state index contributed by atoms with van der Waals surface area (Å²) in [6.07, 6.45) is 21.1. The molecule has 0 aromatic heterocycles. The molecule has 0 aromatic rings. The normalized spacial score (nSPS) is 13.1. The molecular weight excluding hydrogens is 503 g/mol. The fraction of sp³-hybridized carbons (Fsp3) is 1.00. The summed E-state index contributed by atoms with van der Waals surface area (Å²) in [6.45, 7) is 8.10. The second-order valence-corrected chi connectivity index (χ2v) is 18.9. The highest BCUT2D eigenvalue weighted by Gasteiger charge is 2.39. The van der Waals surface area contributed by atoms with E-state index in [1.807, 2.05) is 20.8 Å². The molecule has 32 heavy (non-hydrogen) atoms. The minimum atomic E-state index is -2.43. The smallest absolute Gasteiger partial charge is 0.374 e. The molecule has 0 amide bonds. The lowest BCUT2D eigenvalue weighted by Gasteiger charge is -2.28. The van der Waals surface area contributed by atoms with Crippen molar-refractivity contribution in [1.82, 2.24) is 0 Å². The molecule has 0 aromatic carbocycles. The van der Waals surface area contributed by atoms with Crippen molar-refractivity contribution in [3.05, 3.63) is 0 Å². The first-order chi connectivity index (χ1) is 15.4. The second-order valence-electron chi connectivity index (χ2n) is 8.60. The van der Waals surface area contributed by atoms with Crippen LogP contribution in [-0.4, -0.2) is 34.4 Å². The van der Waals surface area contributed by atoms with E-state index in [0.29, 0.717) is 19.8 Å². The summed E-state index contributed by atoms with van der Waals surface area (Å²) in [5.74, 6) is 0.760. The van der Waals surface area contributed by atoms with Gasteiger partial charge in [0.2, 0.25) is 0 Å². The first-order valence-corrected chi connectivity index (χ1v) is 19.4. The fourth-order valence-corrected chi connectivity index (χ4v) is 8.28. The Morgan fingerprint density at radius 3 is 1.03 bits per heavy atom. The molecular formula is C24H51Cl3O3SSi. The Hall–Kier alpha value is 1.32. The van der Waals surface area contributed by atoms with Gasteiger partial charge in [-0.3, -0.25) is 0 Å². The van der Waals surface area contributed by atoms with Crippen molar-refractivity contribution in [3.63, 3.8) is 0 Å².